The Balaban J connectivity index is 2.00. The maximum atomic E-state index is 11.8. The van der Waals surface area contributed by atoms with Crippen LogP contribution in [0.25, 0.3) is 0 Å². The highest BCUT2D eigenvalue weighted by Gasteiger charge is 2.39. The van der Waals surface area contributed by atoms with Crippen LogP contribution in [0.2, 0.25) is 0 Å². The van der Waals surface area contributed by atoms with E-state index in [1.54, 1.807) is 0 Å². The monoisotopic (exact) mass is 214 g/mol. The van der Waals surface area contributed by atoms with Crippen molar-refractivity contribution in [3.63, 3.8) is 0 Å². The molecule has 2 nitrogen and oxygen atoms in total. The summed E-state index contributed by atoms with van der Waals surface area (Å²) in [5.74, 6) is 0.834. The normalized spacial score (nSPS) is 28.5. The molecule has 1 fully saturated rings. The average molecular weight is 214 g/mol. The van der Waals surface area contributed by atoms with E-state index >= 15 is 0 Å². The van der Waals surface area contributed by atoms with Gasteiger partial charge >= 0.3 is 0 Å². The van der Waals surface area contributed by atoms with Crippen molar-refractivity contribution < 1.29 is 9.59 Å². The Labute approximate surface area is 94.7 Å². The zero-order valence-electron chi connectivity index (χ0n) is 9.11. The van der Waals surface area contributed by atoms with Crippen LogP contribution in [0.4, 0.5) is 0 Å². The van der Waals surface area contributed by atoms with Gasteiger partial charge in [0.15, 0.2) is 5.78 Å². The van der Waals surface area contributed by atoms with Gasteiger partial charge in [-0.15, -0.1) is 0 Å². The van der Waals surface area contributed by atoms with E-state index in [9.17, 15) is 9.59 Å². The third-order valence-corrected chi connectivity index (χ3v) is 3.90. The number of hydrogen-bond donors (Lipinski definition) is 0. The molecule has 2 atom stereocenters. The van der Waals surface area contributed by atoms with Crippen molar-refractivity contribution in [2.45, 2.75) is 31.6 Å². The maximum Gasteiger partial charge on any atom is 0.163 e. The van der Waals surface area contributed by atoms with Gasteiger partial charge < -0.3 is 0 Å². The van der Waals surface area contributed by atoms with Crippen LogP contribution in [0.5, 0.6) is 0 Å². The lowest BCUT2D eigenvalue weighted by Crippen LogP contribution is -2.15. The molecule has 0 spiro atoms. The first-order valence-corrected chi connectivity index (χ1v) is 5.92. The first-order valence-electron chi connectivity index (χ1n) is 5.92. The fraction of sp³-hybridized carbons (Fsp3) is 0.429. The molecule has 0 bridgehead atoms. The van der Waals surface area contributed by atoms with Crippen molar-refractivity contribution in [1.82, 2.24) is 0 Å². The van der Waals surface area contributed by atoms with Crippen LogP contribution in [-0.4, -0.2) is 11.6 Å². The predicted molar refractivity (Wildman–Crippen MR) is 60.5 cm³/mol. The van der Waals surface area contributed by atoms with Crippen molar-refractivity contribution in [1.29, 1.82) is 0 Å². The molecule has 2 aliphatic carbocycles. The Kier molecular flexibility index (Phi) is 2.16. The molecule has 2 heteroatoms. The van der Waals surface area contributed by atoms with Crippen molar-refractivity contribution in [3.8, 4) is 0 Å². The standard InChI is InChI=1S/C14H14O2/c15-13-7-3-6-11(13)12-8-14(16)10-5-2-1-4-9(10)12/h1-2,4-5,11-12H,3,6-8H2. The largest absolute Gasteiger partial charge is 0.299 e. The van der Waals surface area contributed by atoms with Crippen LogP contribution in [0, 0.1) is 5.92 Å². The minimum absolute atomic E-state index is 0.104. The van der Waals surface area contributed by atoms with Gasteiger partial charge in [-0.25, -0.2) is 0 Å². The van der Waals surface area contributed by atoms with Gasteiger partial charge in [0, 0.05) is 30.2 Å². The van der Waals surface area contributed by atoms with E-state index in [1.807, 2.05) is 24.3 Å². The molecular formula is C14H14O2. The molecule has 82 valence electrons. The second kappa shape index (κ2) is 3.55. The smallest absolute Gasteiger partial charge is 0.163 e. The van der Waals surface area contributed by atoms with Crippen molar-refractivity contribution >= 4 is 11.6 Å². The van der Waals surface area contributed by atoms with Gasteiger partial charge in [0.05, 0.1) is 0 Å². The number of fused-ring (bicyclic) bond motifs is 1. The summed E-state index contributed by atoms with van der Waals surface area (Å²) < 4.78 is 0. The Morgan fingerprint density at radius 1 is 1.06 bits per heavy atom. The van der Waals surface area contributed by atoms with Gasteiger partial charge in [-0.05, 0) is 18.4 Å². The highest BCUT2D eigenvalue weighted by atomic mass is 16.1. The van der Waals surface area contributed by atoms with Gasteiger partial charge in [0.25, 0.3) is 0 Å². The second-order valence-electron chi connectivity index (χ2n) is 4.79. The van der Waals surface area contributed by atoms with E-state index in [0.717, 1.165) is 24.0 Å². The van der Waals surface area contributed by atoms with E-state index in [4.69, 9.17) is 0 Å². The zero-order chi connectivity index (χ0) is 11.1. The number of rotatable bonds is 1. The number of Topliss-reactive ketones (excluding diaryl/α,β-unsaturated/α-hetero) is 2. The molecule has 2 aliphatic rings. The molecule has 0 radical (unpaired) electrons. The molecule has 1 saturated carbocycles. The van der Waals surface area contributed by atoms with E-state index in [2.05, 4.69) is 0 Å². The summed E-state index contributed by atoms with van der Waals surface area (Å²) in [6.07, 6.45) is 3.20. The first-order chi connectivity index (χ1) is 7.77. The Morgan fingerprint density at radius 3 is 2.62 bits per heavy atom. The van der Waals surface area contributed by atoms with Crippen molar-refractivity contribution in [2.24, 2.45) is 5.92 Å². The predicted octanol–water partition coefficient (Wildman–Crippen LogP) is 2.73. The summed E-state index contributed by atoms with van der Waals surface area (Å²) in [5.41, 5.74) is 1.94. The van der Waals surface area contributed by atoms with Crippen LogP contribution < -0.4 is 0 Å². The molecule has 0 amide bonds. The molecular weight excluding hydrogens is 200 g/mol. The summed E-state index contributed by atoms with van der Waals surface area (Å²) in [5, 5.41) is 0. The molecule has 0 N–H and O–H groups in total. The topological polar surface area (TPSA) is 34.1 Å². The van der Waals surface area contributed by atoms with Gasteiger partial charge in [0.2, 0.25) is 0 Å². The number of carbonyl (C=O) groups excluding carboxylic acids is 2. The van der Waals surface area contributed by atoms with E-state index in [-0.39, 0.29) is 17.6 Å². The average Bonchev–Trinajstić information content (AvgIpc) is 2.84. The summed E-state index contributed by atoms with van der Waals surface area (Å²) in [7, 11) is 0. The maximum absolute atomic E-state index is 11.8. The van der Waals surface area contributed by atoms with Crippen LogP contribution in [0.15, 0.2) is 24.3 Å². The number of carbonyl (C=O) groups is 2. The Hall–Kier alpha value is -1.44. The van der Waals surface area contributed by atoms with E-state index in [0.29, 0.717) is 18.6 Å². The summed E-state index contributed by atoms with van der Waals surface area (Å²) in [4.78, 5) is 23.6. The van der Waals surface area contributed by atoms with Crippen LogP contribution in [-0.2, 0) is 4.79 Å². The van der Waals surface area contributed by atoms with Crippen LogP contribution in [0.3, 0.4) is 0 Å². The molecule has 0 heterocycles. The highest BCUT2D eigenvalue weighted by molar-refractivity contribution is 6.02. The van der Waals surface area contributed by atoms with Crippen molar-refractivity contribution in [3.05, 3.63) is 35.4 Å². The van der Waals surface area contributed by atoms with E-state index < -0.39 is 0 Å². The fourth-order valence-corrected chi connectivity index (χ4v) is 3.12. The van der Waals surface area contributed by atoms with Gasteiger partial charge in [-0.1, -0.05) is 24.3 Å². The molecule has 1 aromatic carbocycles. The summed E-state index contributed by atoms with van der Waals surface area (Å²) in [6, 6.07) is 7.76. The van der Waals surface area contributed by atoms with Crippen molar-refractivity contribution in [2.75, 3.05) is 0 Å². The molecule has 0 saturated heterocycles. The quantitative estimate of drug-likeness (QED) is 0.720. The fourth-order valence-electron chi connectivity index (χ4n) is 3.12. The molecule has 16 heavy (non-hydrogen) atoms. The summed E-state index contributed by atoms with van der Waals surface area (Å²) in [6.45, 7) is 0. The minimum atomic E-state index is 0.104. The first kappa shape index (κ1) is 9.76. The zero-order valence-corrected chi connectivity index (χ0v) is 9.11. The SMILES string of the molecule is O=C1CC(C2CCCC2=O)c2ccccc21. The molecule has 0 aliphatic heterocycles. The molecule has 3 rings (SSSR count). The third-order valence-electron chi connectivity index (χ3n) is 3.90. The van der Waals surface area contributed by atoms with Gasteiger partial charge in [0.1, 0.15) is 5.78 Å². The second-order valence-corrected chi connectivity index (χ2v) is 4.79. The number of ketones is 2. The lowest BCUT2D eigenvalue weighted by molar-refractivity contribution is -0.121. The Morgan fingerprint density at radius 2 is 1.88 bits per heavy atom. The van der Waals surface area contributed by atoms with Crippen LogP contribution >= 0.6 is 0 Å². The molecule has 1 aromatic rings. The number of benzene rings is 1. The lowest BCUT2D eigenvalue weighted by Gasteiger charge is -2.16. The van der Waals surface area contributed by atoms with Gasteiger partial charge in [-0.2, -0.15) is 0 Å². The highest BCUT2D eigenvalue weighted by Crippen LogP contribution is 2.43. The minimum Gasteiger partial charge on any atom is -0.299 e. The number of hydrogen-bond acceptors (Lipinski definition) is 2. The van der Waals surface area contributed by atoms with Gasteiger partial charge in [-0.3, -0.25) is 9.59 Å². The lowest BCUT2D eigenvalue weighted by atomic mass is 9.85. The third kappa shape index (κ3) is 1.33. The Bertz CT molecular complexity index is 462. The summed E-state index contributed by atoms with van der Waals surface area (Å²) >= 11 is 0. The molecule has 0 aromatic heterocycles. The van der Waals surface area contributed by atoms with Crippen LogP contribution in [0.1, 0.15) is 47.5 Å². The van der Waals surface area contributed by atoms with E-state index in [1.165, 1.54) is 0 Å². The molecule has 2 unspecified atom stereocenters.